The molecule has 0 atom stereocenters. The molecule has 1 saturated carbocycles. The van der Waals surface area contributed by atoms with Gasteiger partial charge in [0.1, 0.15) is 17.9 Å². The number of imidazole rings is 1. The number of pyridine rings is 1. The van der Waals surface area contributed by atoms with E-state index in [0.29, 0.717) is 18.1 Å². The number of benzene rings is 2. The third-order valence-corrected chi connectivity index (χ3v) is 7.72. The minimum Gasteiger partial charge on any atom is -0.493 e. The molecule has 3 fully saturated rings. The van der Waals surface area contributed by atoms with E-state index in [1.54, 1.807) is 0 Å². The van der Waals surface area contributed by atoms with Crippen LogP contribution in [0.2, 0.25) is 0 Å². The van der Waals surface area contributed by atoms with Gasteiger partial charge >= 0.3 is 0 Å². The molecule has 0 amide bonds. The SMILES string of the molecule is CC1(COc2ccc3c(c2)ncn3-c2ccc3cccc(N4CC5(CC(N)C5)C4)c3n2)COC1. The number of aromatic nitrogens is 3. The van der Waals surface area contributed by atoms with Crippen LogP contribution in [0, 0.1) is 10.8 Å². The Morgan fingerprint density at radius 2 is 1.97 bits per heavy atom. The van der Waals surface area contributed by atoms with Gasteiger partial charge < -0.3 is 20.1 Å². The summed E-state index contributed by atoms with van der Waals surface area (Å²) in [6, 6.07) is 17.1. The average molecular weight is 456 g/mol. The van der Waals surface area contributed by atoms with Crippen LogP contribution in [0.3, 0.4) is 0 Å². The van der Waals surface area contributed by atoms with Gasteiger partial charge in [-0.15, -0.1) is 0 Å². The number of nitrogens with zero attached hydrogens (tertiary/aromatic N) is 4. The molecule has 7 heteroatoms. The highest BCUT2D eigenvalue weighted by molar-refractivity contribution is 5.92. The Bertz CT molecular complexity index is 1390. The minimum absolute atomic E-state index is 0.113. The summed E-state index contributed by atoms with van der Waals surface area (Å²) >= 11 is 0. The van der Waals surface area contributed by atoms with E-state index in [2.05, 4.69) is 57.8 Å². The maximum absolute atomic E-state index is 6.06. The monoisotopic (exact) mass is 455 g/mol. The van der Waals surface area contributed by atoms with Crippen molar-refractivity contribution in [3.63, 3.8) is 0 Å². The molecule has 3 aliphatic rings. The predicted octanol–water partition coefficient (Wildman–Crippen LogP) is 3.92. The third-order valence-electron chi connectivity index (χ3n) is 7.72. The number of hydrogen-bond donors (Lipinski definition) is 1. The van der Waals surface area contributed by atoms with Crippen LogP contribution in [0.1, 0.15) is 19.8 Å². The average Bonchev–Trinajstić information content (AvgIpc) is 3.20. The fourth-order valence-electron chi connectivity index (χ4n) is 5.81. The summed E-state index contributed by atoms with van der Waals surface area (Å²) < 4.78 is 13.4. The summed E-state index contributed by atoms with van der Waals surface area (Å²) in [7, 11) is 0. The zero-order chi connectivity index (χ0) is 22.9. The van der Waals surface area contributed by atoms with Crippen LogP contribution in [0.25, 0.3) is 27.8 Å². The lowest BCUT2D eigenvalue weighted by Crippen LogP contribution is -2.65. The van der Waals surface area contributed by atoms with E-state index in [1.807, 2.05) is 18.5 Å². The van der Waals surface area contributed by atoms with Crippen molar-refractivity contribution in [2.75, 3.05) is 37.8 Å². The molecular formula is C27H29N5O2. The molecule has 4 heterocycles. The highest BCUT2D eigenvalue weighted by Gasteiger charge is 2.51. The van der Waals surface area contributed by atoms with Crippen LogP contribution in [0.15, 0.2) is 54.9 Å². The van der Waals surface area contributed by atoms with Gasteiger partial charge in [0, 0.05) is 41.4 Å². The van der Waals surface area contributed by atoms with Crippen LogP contribution < -0.4 is 15.4 Å². The highest BCUT2D eigenvalue weighted by Crippen LogP contribution is 2.49. The number of anilines is 1. The van der Waals surface area contributed by atoms with Crippen molar-refractivity contribution in [3.8, 4) is 11.6 Å². The van der Waals surface area contributed by atoms with Crippen molar-refractivity contribution in [2.45, 2.75) is 25.8 Å². The second-order valence-electron chi connectivity index (χ2n) is 10.9. The Kier molecular flexibility index (Phi) is 4.27. The van der Waals surface area contributed by atoms with Crippen molar-refractivity contribution >= 4 is 27.6 Å². The molecule has 174 valence electrons. The van der Waals surface area contributed by atoms with Crippen LogP contribution in [0.5, 0.6) is 5.75 Å². The summed E-state index contributed by atoms with van der Waals surface area (Å²) in [5.41, 5.74) is 10.8. The van der Waals surface area contributed by atoms with Crippen molar-refractivity contribution in [2.24, 2.45) is 16.6 Å². The van der Waals surface area contributed by atoms with Gasteiger partial charge in [-0.25, -0.2) is 9.97 Å². The Morgan fingerprint density at radius 1 is 1.12 bits per heavy atom. The number of nitrogens with two attached hydrogens (primary N) is 1. The van der Waals surface area contributed by atoms with Crippen LogP contribution in [0.4, 0.5) is 5.69 Å². The first-order valence-electron chi connectivity index (χ1n) is 12.1. The Labute approximate surface area is 198 Å². The van der Waals surface area contributed by atoms with Gasteiger partial charge in [-0.05, 0) is 43.2 Å². The zero-order valence-electron chi connectivity index (χ0n) is 19.4. The van der Waals surface area contributed by atoms with Gasteiger partial charge in [0.05, 0.1) is 42.1 Å². The maximum Gasteiger partial charge on any atom is 0.139 e. The summed E-state index contributed by atoms with van der Waals surface area (Å²) in [6.45, 7) is 6.50. The molecule has 2 N–H and O–H groups in total. The fourth-order valence-corrected chi connectivity index (χ4v) is 5.81. The van der Waals surface area contributed by atoms with E-state index in [4.69, 9.17) is 20.2 Å². The van der Waals surface area contributed by atoms with E-state index in [9.17, 15) is 0 Å². The second kappa shape index (κ2) is 7.17. The maximum atomic E-state index is 6.06. The zero-order valence-corrected chi connectivity index (χ0v) is 19.4. The van der Waals surface area contributed by atoms with Crippen LogP contribution >= 0.6 is 0 Å². The Hall–Kier alpha value is -3.16. The first-order chi connectivity index (χ1) is 16.5. The molecule has 1 aliphatic carbocycles. The number of para-hydroxylation sites is 1. The third kappa shape index (κ3) is 3.18. The predicted molar refractivity (Wildman–Crippen MR) is 133 cm³/mol. The van der Waals surface area contributed by atoms with Crippen LogP contribution in [-0.2, 0) is 4.74 Å². The van der Waals surface area contributed by atoms with Gasteiger partial charge in [-0.1, -0.05) is 19.1 Å². The van der Waals surface area contributed by atoms with Gasteiger partial charge in [-0.2, -0.15) is 0 Å². The summed E-state index contributed by atoms with van der Waals surface area (Å²) in [5.74, 6) is 1.71. The molecule has 2 aliphatic heterocycles. The fraction of sp³-hybridized carbons (Fsp3) is 0.407. The lowest BCUT2D eigenvalue weighted by Gasteiger charge is -2.59. The molecule has 34 heavy (non-hydrogen) atoms. The number of fused-ring (bicyclic) bond motifs is 2. The second-order valence-corrected chi connectivity index (χ2v) is 10.9. The lowest BCUT2D eigenvalue weighted by molar-refractivity contribution is -0.120. The summed E-state index contributed by atoms with van der Waals surface area (Å²) in [5, 5.41) is 1.15. The molecule has 2 aromatic heterocycles. The van der Waals surface area contributed by atoms with E-state index < -0.39 is 0 Å². The normalized spacial score (nSPS) is 20.8. The molecule has 7 nitrogen and oxygen atoms in total. The smallest absolute Gasteiger partial charge is 0.139 e. The quantitative estimate of drug-likeness (QED) is 0.492. The molecule has 2 aromatic carbocycles. The topological polar surface area (TPSA) is 78.4 Å². The first kappa shape index (κ1) is 20.2. The van der Waals surface area contributed by atoms with E-state index >= 15 is 0 Å². The molecule has 0 unspecified atom stereocenters. The summed E-state index contributed by atoms with van der Waals surface area (Å²) in [6.07, 6.45) is 4.14. The molecular weight excluding hydrogens is 426 g/mol. The standard InChI is InChI=1S/C27H29N5O2/c1-26(14-33-15-26)16-34-20-6-7-22-21(9-20)29-17-32(22)24-8-5-18-3-2-4-23(25(18)30-24)31-12-27(13-31)10-19(28)11-27/h2-9,17,19H,10-16,28H2,1H3. The van der Waals surface area contributed by atoms with Crippen molar-refractivity contribution in [1.29, 1.82) is 0 Å². The Balaban J connectivity index is 1.18. The van der Waals surface area contributed by atoms with E-state index in [1.165, 1.54) is 5.69 Å². The number of ether oxygens (including phenoxy) is 2. The number of hydrogen-bond acceptors (Lipinski definition) is 6. The molecule has 0 radical (unpaired) electrons. The highest BCUT2D eigenvalue weighted by atomic mass is 16.5. The van der Waals surface area contributed by atoms with Crippen molar-refractivity contribution < 1.29 is 9.47 Å². The number of rotatable bonds is 5. The molecule has 7 rings (SSSR count). The minimum atomic E-state index is 0.113. The summed E-state index contributed by atoms with van der Waals surface area (Å²) in [4.78, 5) is 12.2. The van der Waals surface area contributed by atoms with Crippen molar-refractivity contribution in [1.82, 2.24) is 14.5 Å². The van der Waals surface area contributed by atoms with Gasteiger partial charge in [0.15, 0.2) is 0 Å². The van der Waals surface area contributed by atoms with E-state index in [-0.39, 0.29) is 5.41 Å². The van der Waals surface area contributed by atoms with Crippen molar-refractivity contribution in [3.05, 3.63) is 54.9 Å². The van der Waals surface area contributed by atoms with E-state index in [0.717, 1.165) is 72.6 Å². The largest absolute Gasteiger partial charge is 0.493 e. The molecule has 1 spiro atoms. The van der Waals surface area contributed by atoms with Crippen LogP contribution in [-0.4, -0.2) is 53.5 Å². The van der Waals surface area contributed by atoms with Gasteiger partial charge in [0.25, 0.3) is 0 Å². The molecule has 2 saturated heterocycles. The molecule has 0 bridgehead atoms. The first-order valence-corrected chi connectivity index (χ1v) is 12.1. The van der Waals surface area contributed by atoms with Gasteiger partial charge in [-0.3, -0.25) is 4.57 Å². The molecule has 4 aromatic rings. The lowest BCUT2D eigenvalue weighted by atomic mass is 9.61. The van der Waals surface area contributed by atoms with Gasteiger partial charge in [0.2, 0.25) is 0 Å². The Morgan fingerprint density at radius 3 is 2.74 bits per heavy atom.